The van der Waals surface area contributed by atoms with Crippen LogP contribution in [0.2, 0.25) is 0 Å². The van der Waals surface area contributed by atoms with Gasteiger partial charge in [-0.1, -0.05) is 50.8 Å². The van der Waals surface area contributed by atoms with Gasteiger partial charge in [-0.2, -0.15) is 0 Å². The Balaban J connectivity index is 1.73. The number of carbonyl (C=O) groups excluding carboxylic acids is 2. The second-order valence-electron chi connectivity index (χ2n) is 9.42. The molecule has 0 unspecified atom stereocenters. The van der Waals surface area contributed by atoms with Gasteiger partial charge in [-0.3, -0.25) is 9.59 Å². The highest BCUT2D eigenvalue weighted by Gasteiger charge is 2.28. The minimum Gasteiger partial charge on any atom is -0.497 e. The van der Waals surface area contributed by atoms with E-state index in [2.05, 4.69) is 37.5 Å². The summed E-state index contributed by atoms with van der Waals surface area (Å²) in [5.74, 6) is 0.638. The first-order chi connectivity index (χ1) is 15.8. The fourth-order valence-electron chi connectivity index (χ4n) is 4.23. The Kier molecular flexibility index (Phi) is 8.32. The van der Waals surface area contributed by atoms with Crippen LogP contribution in [0.4, 0.5) is 5.69 Å². The van der Waals surface area contributed by atoms with E-state index in [4.69, 9.17) is 4.74 Å². The molecule has 1 aliphatic rings. The molecule has 0 saturated heterocycles. The predicted octanol–water partition coefficient (Wildman–Crippen LogP) is 6.14. The van der Waals surface area contributed by atoms with Crippen molar-refractivity contribution in [1.82, 2.24) is 5.32 Å². The summed E-state index contributed by atoms with van der Waals surface area (Å²) in [4.78, 5) is 25.4. The number of fused-ring (bicyclic) bond motifs is 1. The Hall–Kier alpha value is -3.08. The van der Waals surface area contributed by atoms with Crippen LogP contribution in [0.15, 0.2) is 48.5 Å². The zero-order valence-electron chi connectivity index (χ0n) is 20.3. The van der Waals surface area contributed by atoms with Crippen LogP contribution in [0.5, 0.6) is 5.75 Å². The molecule has 0 fully saturated rings. The summed E-state index contributed by atoms with van der Waals surface area (Å²) in [5.41, 5.74) is 3.97. The van der Waals surface area contributed by atoms with Crippen LogP contribution in [0.3, 0.4) is 0 Å². The van der Waals surface area contributed by atoms with E-state index in [1.165, 1.54) is 24.8 Å². The summed E-state index contributed by atoms with van der Waals surface area (Å²) < 4.78 is 5.39. The SMILES string of the molecule is CCCCCCCC(=O)Nc1cccc(C(=O)/C=C2\NC(C)(C)Cc3ccc(OC)cc32)c1. The van der Waals surface area contributed by atoms with Gasteiger partial charge in [-0.25, -0.2) is 0 Å². The second-order valence-corrected chi connectivity index (χ2v) is 9.42. The van der Waals surface area contributed by atoms with Crippen LogP contribution in [-0.4, -0.2) is 24.3 Å². The Morgan fingerprint density at radius 1 is 1.09 bits per heavy atom. The second kappa shape index (κ2) is 11.2. The van der Waals surface area contributed by atoms with Crippen LogP contribution in [0.25, 0.3) is 5.70 Å². The monoisotopic (exact) mass is 448 g/mol. The van der Waals surface area contributed by atoms with Gasteiger partial charge in [0, 0.05) is 40.5 Å². The molecular formula is C28H36N2O3. The predicted molar refractivity (Wildman–Crippen MR) is 135 cm³/mol. The first-order valence-electron chi connectivity index (χ1n) is 11.9. The van der Waals surface area contributed by atoms with Crippen LogP contribution in [-0.2, 0) is 11.2 Å². The fourth-order valence-corrected chi connectivity index (χ4v) is 4.23. The maximum absolute atomic E-state index is 13.1. The van der Waals surface area contributed by atoms with Crippen molar-refractivity contribution in [3.63, 3.8) is 0 Å². The Morgan fingerprint density at radius 2 is 1.88 bits per heavy atom. The maximum atomic E-state index is 13.1. The highest BCUT2D eigenvalue weighted by Crippen LogP contribution is 2.32. The molecule has 1 aliphatic heterocycles. The largest absolute Gasteiger partial charge is 0.497 e. The molecular weight excluding hydrogens is 412 g/mol. The number of carbonyl (C=O) groups is 2. The van der Waals surface area contributed by atoms with E-state index >= 15 is 0 Å². The molecule has 0 bridgehead atoms. The molecule has 0 aromatic heterocycles. The fraction of sp³-hybridized carbons (Fsp3) is 0.429. The van der Waals surface area contributed by atoms with Gasteiger partial charge in [-0.05, 0) is 56.5 Å². The lowest BCUT2D eigenvalue weighted by Crippen LogP contribution is -2.43. The van der Waals surface area contributed by atoms with Gasteiger partial charge < -0.3 is 15.4 Å². The van der Waals surface area contributed by atoms with Crippen LogP contribution in [0, 0.1) is 0 Å². The molecule has 0 radical (unpaired) electrons. The Bertz CT molecular complexity index is 1020. The topological polar surface area (TPSA) is 67.4 Å². The summed E-state index contributed by atoms with van der Waals surface area (Å²) in [7, 11) is 1.64. The average molecular weight is 449 g/mol. The molecule has 0 atom stereocenters. The van der Waals surface area contributed by atoms with Crippen molar-refractivity contribution in [3.05, 3.63) is 65.2 Å². The minimum absolute atomic E-state index is 0.00817. The third-order valence-corrected chi connectivity index (χ3v) is 5.93. The highest BCUT2D eigenvalue weighted by atomic mass is 16.5. The normalized spacial score (nSPS) is 15.5. The third kappa shape index (κ3) is 6.95. The van der Waals surface area contributed by atoms with Gasteiger partial charge in [0.2, 0.25) is 5.91 Å². The first-order valence-corrected chi connectivity index (χ1v) is 11.9. The van der Waals surface area contributed by atoms with E-state index in [1.54, 1.807) is 31.4 Å². The molecule has 33 heavy (non-hydrogen) atoms. The van der Waals surface area contributed by atoms with E-state index in [9.17, 15) is 9.59 Å². The quantitative estimate of drug-likeness (QED) is 0.260. The Morgan fingerprint density at radius 3 is 2.64 bits per heavy atom. The van der Waals surface area contributed by atoms with E-state index in [-0.39, 0.29) is 17.2 Å². The van der Waals surface area contributed by atoms with Crippen LogP contribution in [0.1, 0.15) is 80.8 Å². The van der Waals surface area contributed by atoms with Gasteiger partial charge in [0.05, 0.1) is 7.11 Å². The van der Waals surface area contributed by atoms with E-state index < -0.39 is 0 Å². The lowest BCUT2D eigenvalue weighted by atomic mass is 9.85. The van der Waals surface area contributed by atoms with Gasteiger partial charge in [-0.15, -0.1) is 0 Å². The lowest BCUT2D eigenvalue weighted by Gasteiger charge is -2.35. The Labute approximate surface area is 197 Å². The van der Waals surface area contributed by atoms with E-state index in [1.807, 2.05) is 18.2 Å². The molecule has 5 heteroatoms. The molecule has 5 nitrogen and oxygen atoms in total. The summed E-state index contributed by atoms with van der Waals surface area (Å²) in [5, 5.41) is 6.43. The van der Waals surface area contributed by atoms with Crippen molar-refractivity contribution in [1.29, 1.82) is 0 Å². The molecule has 0 saturated carbocycles. The van der Waals surface area contributed by atoms with Crippen molar-refractivity contribution < 1.29 is 14.3 Å². The number of hydrogen-bond donors (Lipinski definition) is 2. The number of nitrogens with one attached hydrogen (secondary N) is 2. The van der Waals surface area contributed by atoms with Crippen molar-refractivity contribution in [3.8, 4) is 5.75 Å². The summed E-state index contributed by atoms with van der Waals surface area (Å²) in [6, 6.07) is 13.1. The number of hydrogen-bond acceptors (Lipinski definition) is 4. The molecule has 0 spiro atoms. The number of allylic oxidation sites excluding steroid dienone is 1. The molecule has 1 heterocycles. The van der Waals surface area contributed by atoms with Gasteiger partial charge in [0.1, 0.15) is 5.75 Å². The van der Waals surface area contributed by atoms with Gasteiger partial charge in [0.15, 0.2) is 5.78 Å². The van der Waals surface area contributed by atoms with Crippen LogP contribution >= 0.6 is 0 Å². The van der Waals surface area contributed by atoms with E-state index in [0.29, 0.717) is 17.7 Å². The van der Waals surface area contributed by atoms with Crippen molar-refractivity contribution in [2.45, 2.75) is 71.3 Å². The summed E-state index contributed by atoms with van der Waals surface area (Å²) in [6.07, 6.45) is 8.54. The molecule has 0 aliphatic carbocycles. The number of benzene rings is 2. The standard InChI is InChI=1S/C28H36N2O3/c1-5-6-7-8-9-13-27(32)29-22-12-10-11-20(16-22)26(31)18-25-24-17-23(33-4)15-14-21(24)19-28(2,3)30-25/h10-12,14-18,30H,5-9,13,19H2,1-4H3,(H,29,32)/b25-18-. The van der Waals surface area contributed by atoms with Crippen molar-refractivity contribution in [2.75, 3.05) is 12.4 Å². The number of methoxy groups -OCH3 is 1. The first kappa shape index (κ1) is 24.6. The number of anilines is 1. The number of ketones is 1. The summed E-state index contributed by atoms with van der Waals surface area (Å²) in [6.45, 7) is 6.42. The summed E-state index contributed by atoms with van der Waals surface area (Å²) >= 11 is 0. The number of ether oxygens (including phenoxy) is 1. The van der Waals surface area contributed by atoms with E-state index in [0.717, 1.165) is 36.3 Å². The molecule has 2 aromatic rings. The molecule has 2 N–H and O–H groups in total. The zero-order chi connectivity index (χ0) is 23.8. The van der Waals surface area contributed by atoms with Crippen LogP contribution < -0.4 is 15.4 Å². The zero-order valence-corrected chi connectivity index (χ0v) is 20.3. The van der Waals surface area contributed by atoms with Gasteiger partial charge >= 0.3 is 0 Å². The molecule has 1 amide bonds. The number of rotatable bonds is 10. The minimum atomic E-state index is -0.166. The molecule has 2 aromatic carbocycles. The lowest BCUT2D eigenvalue weighted by molar-refractivity contribution is -0.116. The third-order valence-electron chi connectivity index (χ3n) is 5.93. The molecule has 3 rings (SSSR count). The average Bonchev–Trinajstić information content (AvgIpc) is 2.78. The number of amides is 1. The van der Waals surface area contributed by atoms with Crippen molar-refractivity contribution in [2.24, 2.45) is 0 Å². The molecule has 176 valence electrons. The highest BCUT2D eigenvalue weighted by molar-refractivity contribution is 6.09. The van der Waals surface area contributed by atoms with Gasteiger partial charge in [0.25, 0.3) is 0 Å². The van der Waals surface area contributed by atoms with Crippen molar-refractivity contribution >= 4 is 23.1 Å². The number of unbranched alkanes of at least 4 members (excludes halogenated alkanes) is 4. The smallest absolute Gasteiger partial charge is 0.224 e. The maximum Gasteiger partial charge on any atom is 0.224 e.